The van der Waals surface area contributed by atoms with Crippen LogP contribution in [0.4, 0.5) is 15.8 Å². The van der Waals surface area contributed by atoms with Gasteiger partial charge in [-0.05, 0) is 35.2 Å². The fourth-order valence-electron chi connectivity index (χ4n) is 2.88. The second-order valence-corrected chi connectivity index (χ2v) is 6.69. The molecule has 4 rings (SSSR count). The van der Waals surface area contributed by atoms with Crippen LogP contribution >= 0.6 is 11.3 Å². The van der Waals surface area contributed by atoms with Crippen molar-refractivity contribution in [3.63, 3.8) is 0 Å². The summed E-state index contributed by atoms with van der Waals surface area (Å²) in [7, 11) is 0. The Morgan fingerprint density at radius 1 is 1.19 bits per heavy atom. The average Bonchev–Trinajstić information content (AvgIpc) is 3.05. The minimum atomic E-state index is -0.325. The number of thiophene rings is 1. The monoisotopic (exact) mass is 361 g/mol. The summed E-state index contributed by atoms with van der Waals surface area (Å²) in [6, 6.07) is 15.6. The molecule has 4 nitrogen and oxygen atoms in total. The predicted octanol–water partition coefficient (Wildman–Crippen LogP) is 4.89. The summed E-state index contributed by atoms with van der Waals surface area (Å²) in [4.78, 5) is 17.6. The van der Waals surface area contributed by atoms with Gasteiger partial charge in [0.05, 0.1) is 33.9 Å². The molecule has 0 fully saturated rings. The van der Waals surface area contributed by atoms with Gasteiger partial charge in [0.1, 0.15) is 11.9 Å². The van der Waals surface area contributed by atoms with Crippen LogP contribution in [0.5, 0.6) is 0 Å². The van der Waals surface area contributed by atoms with Gasteiger partial charge in [-0.3, -0.25) is 4.79 Å². The fourth-order valence-corrected chi connectivity index (χ4v) is 3.71. The van der Waals surface area contributed by atoms with Crippen LogP contribution in [0.15, 0.2) is 58.9 Å². The van der Waals surface area contributed by atoms with Crippen LogP contribution in [-0.2, 0) is 4.79 Å². The molecule has 2 heterocycles. The number of benzene rings is 2. The molecule has 1 aliphatic rings. The third kappa shape index (κ3) is 2.89. The van der Waals surface area contributed by atoms with E-state index >= 15 is 0 Å². The fraction of sp³-hybridized carbons (Fsp3) is 0.0500. The molecule has 126 valence electrons. The van der Waals surface area contributed by atoms with Gasteiger partial charge in [0.25, 0.3) is 0 Å². The van der Waals surface area contributed by atoms with Crippen molar-refractivity contribution in [2.24, 2.45) is 4.99 Å². The maximum atomic E-state index is 14.1. The first-order valence-electron chi connectivity index (χ1n) is 7.90. The molecule has 1 aliphatic heterocycles. The Balaban J connectivity index is 1.81. The number of hydrogen-bond donors (Lipinski definition) is 1. The van der Waals surface area contributed by atoms with E-state index < -0.39 is 0 Å². The molecule has 3 aromatic rings. The molecular formula is C20H12FN3OS. The quantitative estimate of drug-likeness (QED) is 0.706. The number of fused-ring (bicyclic) bond motifs is 1. The smallest absolute Gasteiger partial charge is 0.230 e. The van der Waals surface area contributed by atoms with Crippen LogP contribution < -0.4 is 5.32 Å². The van der Waals surface area contributed by atoms with Gasteiger partial charge >= 0.3 is 0 Å². The van der Waals surface area contributed by atoms with Crippen molar-refractivity contribution in [1.29, 1.82) is 5.26 Å². The number of nitrogens with zero attached hydrogens (tertiary/aromatic N) is 2. The summed E-state index contributed by atoms with van der Waals surface area (Å²) >= 11 is 1.39. The highest BCUT2D eigenvalue weighted by molar-refractivity contribution is 7.12. The number of amides is 1. The number of hydrogen-bond acceptors (Lipinski definition) is 4. The minimum absolute atomic E-state index is 0.0822. The van der Waals surface area contributed by atoms with Gasteiger partial charge in [0.15, 0.2) is 0 Å². The zero-order chi connectivity index (χ0) is 18.1. The molecule has 6 heteroatoms. The highest BCUT2D eigenvalue weighted by atomic mass is 32.1. The molecule has 0 unspecified atom stereocenters. The van der Waals surface area contributed by atoms with E-state index in [1.165, 1.54) is 17.4 Å². The lowest BCUT2D eigenvalue weighted by Gasteiger charge is -2.09. The molecule has 0 spiro atoms. The first-order chi connectivity index (χ1) is 12.7. The van der Waals surface area contributed by atoms with Crippen molar-refractivity contribution in [1.82, 2.24) is 0 Å². The largest absolute Gasteiger partial charge is 0.324 e. The van der Waals surface area contributed by atoms with Gasteiger partial charge in [-0.2, -0.15) is 5.26 Å². The number of carbonyl (C=O) groups excluding carboxylic acids is 1. The van der Waals surface area contributed by atoms with E-state index in [9.17, 15) is 14.4 Å². The number of carbonyl (C=O) groups is 1. The number of nitriles is 1. The maximum Gasteiger partial charge on any atom is 0.230 e. The number of aliphatic imine (C=N–C) groups is 1. The van der Waals surface area contributed by atoms with E-state index in [0.717, 1.165) is 0 Å². The van der Waals surface area contributed by atoms with Gasteiger partial charge in [-0.25, -0.2) is 9.38 Å². The Morgan fingerprint density at radius 3 is 2.85 bits per heavy atom. The van der Waals surface area contributed by atoms with Crippen molar-refractivity contribution >= 4 is 34.3 Å². The molecular weight excluding hydrogens is 349 g/mol. The highest BCUT2D eigenvalue weighted by Gasteiger charge is 2.21. The van der Waals surface area contributed by atoms with Gasteiger partial charge in [0, 0.05) is 5.56 Å². The lowest BCUT2D eigenvalue weighted by Crippen LogP contribution is -2.14. The van der Waals surface area contributed by atoms with Crippen LogP contribution in [0.1, 0.15) is 16.9 Å². The van der Waals surface area contributed by atoms with Crippen LogP contribution in [0, 0.1) is 17.1 Å². The Kier molecular flexibility index (Phi) is 4.07. The van der Waals surface area contributed by atoms with Crippen LogP contribution in [0.25, 0.3) is 11.1 Å². The Hall–Kier alpha value is -3.30. The molecule has 2 aromatic carbocycles. The number of nitrogens with one attached hydrogen (secondary N) is 1. The molecule has 0 atom stereocenters. The second-order valence-electron chi connectivity index (χ2n) is 5.77. The summed E-state index contributed by atoms with van der Waals surface area (Å²) in [5.74, 6) is -0.542. The molecule has 1 N–H and O–H groups in total. The molecule has 26 heavy (non-hydrogen) atoms. The summed E-state index contributed by atoms with van der Waals surface area (Å²) in [6.07, 6.45) is 0.0822. The third-order valence-corrected chi connectivity index (χ3v) is 5.05. The number of rotatable bonds is 2. The predicted molar refractivity (Wildman–Crippen MR) is 100 cm³/mol. The molecule has 0 bridgehead atoms. The number of anilines is 1. The SMILES string of the molecule is N#Cc1ccsc1C1=Nc2ccc(-c3ccccc3F)cc2NC(=O)C1. The molecule has 0 radical (unpaired) electrons. The maximum absolute atomic E-state index is 14.1. The van der Waals surface area contributed by atoms with Crippen molar-refractivity contribution < 1.29 is 9.18 Å². The van der Waals surface area contributed by atoms with Crippen molar-refractivity contribution in [2.75, 3.05) is 5.32 Å². The molecule has 1 aromatic heterocycles. The summed E-state index contributed by atoms with van der Waals surface area (Å²) in [6.45, 7) is 0. The first-order valence-corrected chi connectivity index (χ1v) is 8.78. The standard InChI is InChI=1S/C20H12FN3OS/c21-15-4-2-1-3-14(15)12-5-6-16-17(9-12)24-19(25)10-18(23-16)20-13(11-22)7-8-26-20/h1-9H,10H2,(H,24,25). The zero-order valence-electron chi connectivity index (χ0n) is 13.5. The topological polar surface area (TPSA) is 65.2 Å². The molecule has 0 aliphatic carbocycles. The van der Waals surface area contributed by atoms with E-state index in [-0.39, 0.29) is 18.1 Å². The number of halogens is 1. The van der Waals surface area contributed by atoms with E-state index in [1.807, 2.05) is 0 Å². The second kappa shape index (κ2) is 6.54. The Labute approximate surface area is 153 Å². The first kappa shape index (κ1) is 16.2. The van der Waals surface area contributed by atoms with Crippen LogP contribution in [0.3, 0.4) is 0 Å². The van der Waals surface area contributed by atoms with Gasteiger partial charge in [-0.15, -0.1) is 11.3 Å². The summed E-state index contributed by atoms with van der Waals surface area (Å²) < 4.78 is 14.1. The van der Waals surface area contributed by atoms with Crippen LogP contribution in [0.2, 0.25) is 0 Å². The van der Waals surface area contributed by atoms with Gasteiger partial charge in [0.2, 0.25) is 5.91 Å². The Morgan fingerprint density at radius 2 is 2.04 bits per heavy atom. The summed E-state index contributed by atoms with van der Waals surface area (Å²) in [5.41, 5.74) is 3.31. The zero-order valence-corrected chi connectivity index (χ0v) is 14.3. The molecule has 0 saturated carbocycles. The van der Waals surface area contributed by atoms with Crippen molar-refractivity contribution in [3.05, 3.63) is 70.2 Å². The molecule has 1 amide bonds. The third-order valence-electron chi connectivity index (χ3n) is 4.09. The molecule has 0 saturated heterocycles. The van der Waals surface area contributed by atoms with E-state index in [4.69, 9.17) is 0 Å². The highest BCUT2D eigenvalue weighted by Crippen LogP contribution is 2.35. The van der Waals surface area contributed by atoms with E-state index in [1.54, 1.807) is 47.8 Å². The van der Waals surface area contributed by atoms with Crippen molar-refractivity contribution in [2.45, 2.75) is 6.42 Å². The minimum Gasteiger partial charge on any atom is -0.324 e. The van der Waals surface area contributed by atoms with E-state index in [0.29, 0.717) is 38.7 Å². The lowest BCUT2D eigenvalue weighted by molar-refractivity contribution is -0.115. The van der Waals surface area contributed by atoms with E-state index in [2.05, 4.69) is 16.4 Å². The van der Waals surface area contributed by atoms with Crippen molar-refractivity contribution in [3.8, 4) is 17.2 Å². The normalized spacial score (nSPS) is 13.2. The lowest BCUT2D eigenvalue weighted by atomic mass is 10.0. The average molecular weight is 361 g/mol. The summed E-state index contributed by atoms with van der Waals surface area (Å²) in [5, 5.41) is 13.9. The van der Waals surface area contributed by atoms with Gasteiger partial charge in [-0.1, -0.05) is 24.3 Å². The van der Waals surface area contributed by atoms with Gasteiger partial charge < -0.3 is 5.32 Å². The Bertz CT molecular complexity index is 1090. The van der Waals surface area contributed by atoms with Crippen LogP contribution in [-0.4, -0.2) is 11.6 Å².